The smallest absolute Gasteiger partial charge is 0.407 e. The van der Waals surface area contributed by atoms with E-state index >= 15 is 0 Å². The summed E-state index contributed by atoms with van der Waals surface area (Å²) in [5.74, 6) is -15.0. The number of para-hydroxylation sites is 1. The highest BCUT2D eigenvalue weighted by atomic mass is 32.1. The van der Waals surface area contributed by atoms with E-state index < -0.39 is 181 Å². The minimum atomic E-state index is -1.95. The molecule has 37 nitrogen and oxygen atoms in total. The fraction of sp³-hybridized carbons (Fsp3) is 0.437. The van der Waals surface area contributed by atoms with Gasteiger partial charge in [-0.3, -0.25) is 73.1 Å². The van der Waals surface area contributed by atoms with E-state index in [1.165, 1.54) is 19.1 Å². The highest BCUT2D eigenvalue weighted by Gasteiger charge is 2.42. The molecular formula is C71H96N20O17S2. The Balaban J connectivity index is 1.07. The molecule has 4 aromatic rings. The molecule has 1 aliphatic heterocycles. The maximum Gasteiger partial charge on any atom is 0.407 e. The van der Waals surface area contributed by atoms with Gasteiger partial charge < -0.3 is 111 Å². The van der Waals surface area contributed by atoms with E-state index in [9.17, 15) is 77.3 Å². The van der Waals surface area contributed by atoms with Gasteiger partial charge in [-0.15, -0.1) is 13.2 Å². The Labute approximate surface area is 643 Å². The number of aliphatic hydroxyl groups excluding tert-OH is 1. The molecule has 3 aromatic carbocycles. The van der Waals surface area contributed by atoms with Crippen LogP contribution in [0.1, 0.15) is 87.4 Å². The summed E-state index contributed by atoms with van der Waals surface area (Å²) in [6.45, 7) is 6.59. The molecule has 1 aliphatic carbocycles. The molecule has 11 atom stereocenters. The molecule has 0 saturated carbocycles. The standard InChI is InChI=1S/C71H96N20O17S2/c1-4-15-46(58(72)96)83-61(99)48(23-12-26-77-69(73)74)85-63(101)50(30-39-29-38-17-6-11-22-45(38)81-39)87-59(97)37(3)80-65(103)54(36-110)90-62(100)49(24-13-27-78-70(75)76)86-67(105)55-25-14-28-91(55)68(106)51(31-57(94)95)88-64(102)52(33-92)89-60(98)47(16-5-2)84-66(104)53(35-109)82-56(93)32-79-71(107)108-34-44-42-20-9-7-18-40(42)41-19-8-10-21-43(41)44/h4-11,17-22,29,37,44,46-55,81,92,109-110H,1-2,12-16,23-28,30-36H2,3H3,(H2,72,96)(H,79,107)(H,80,103)(H,82,93)(H,83,99)(H,84,104)(H,85,101)(H,86,105)(H,87,97)(H,88,102)(H,89,98)(H,90,100)(H,94,95)(H4,73,74,77)(H4,75,76,78)/t37-,46-,47-,48-,49-,50-,51-,52-,53-,54-,55?/m0/s1. The average Bonchev–Trinajstić information content (AvgIpc) is 1.62. The van der Waals surface area contributed by atoms with Crippen LogP contribution in [-0.2, 0) is 73.5 Å². The van der Waals surface area contributed by atoms with Crippen molar-refractivity contribution >= 4 is 131 Å². The van der Waals surface area contributed by atoms with Crippen molar-refractivity contribution in [2.24, 2.45) is 17.2 Å². The fourth-order valence-corrected chi connectivity index (χ4v) is 12.7. The molecule has 2 heterocycles. The monoisotopic (exact) mass is 1560 g/mol. The Bertz CT molecular complexity index is 3970. The first-order chi connectivity index (χ1) is 52.5. The van der Waals surface area contributed by atoms with Crippen molar-refractivity contribution in [3.05, 3.63) is 121 Å². The summed E-state index contributed by atoms with van der Waals surface area (Å²) in [5.41, 5.74) is 21.5. The van der Waals surface area contributed by atoms with Gasteiger partial charge in [0.05, 0.1) is 13.0 Å². The van der Waals surface area contributed by atoms with Crippen LogP contribution in [0.4, 0.5) is 4.79 Å². The molecule has 13 amide bonds. The van der Waals surface area contributed by atoms with Crippen molar-refractivity contribution < 1.29 is 82.1 Å². The third-order valence-electron chi connectivity index (χ3n) is 17.8. The minimum absolute atomic E-state index is 0.00355. The van der Waals surface area contributed by atoms with E-state index in [1.807, 2.05) is 48.5 Å². The third kappa shape index (κ3) is 26.0. The lowest BCUT2D eigenvalue weighted by molar-refractivity contribution is -0.146. The number of H-pyrrole nitrogens is 1. The summed E-state index contributed by atoms with van der Waals surface area (Å²) in [5, 5.41) is 68.4. The number of nitrogens with one attached hydrogen (secondary N) is 16. The maximum absolute atomic E-state index is 14.4. The molecule has 1 aromatic heterocycles. The fourth-order valence-electron chi connectivity index (χ4n) is 12.2. The van der Waals surface area contributed by atoms with Gasteiger partial charge in [-0.2, -0.15) is 25.3 Å². The number of primary amides is 1. The van der Waals surface area contributed by atoms with Gasteiger partial charge in [0.2, 0.25) is 70.9 Å². The van der Waals surface area contributed by atoms with Gasteiger partial charge in [0.25, 0.3) is 0 Å². The minimum Gasteiger partial charge on any atom is -0.481 e. The molecule has 0 radical (unpaired) electrons. The van der Waals surface area contributed by atoms with E-state index in [2.05, 4.69) is 113 Å². The number of ether oxygens (including phenoxy) is 1. The number of amides is 13. The Morgan fingerprint density at radius 3 is 1.65 bits per heavy atom. The molecule has 1 unspecified atom stereocenters. The molecule has 6 rings (SSSR count). The van der Waals surface area contributed by atoms with E-state index in [-0.39, 0.29) is 102 Å². The zero-order chi connectivity index (χ0) is 80.7. The molecular weight excluding hydrogens is 1470 g/mol. The number of carboxylic acid groups (broad SMARTS) is 1. The van der Waals surface area contributed by atoms with Crippen LogP contribution in [0.25, 0.3) is 22.0 Å². The Hall–Kier alpha value is -11.7. The number of fused-ring (bicyclic) bond motifs is 4. The highest BCUT2D eigenvalue weighted by molar-refractivity contribution is 7.80. The maximum atomic E-state index is 14.4. The van der Waals surface area contributed by atoms with Crippen LogP contribution >= 0.6 is 25.3 Å². The number of aliphatic hydroxyl groups is 1. The van der Waals surface area contributed by atoms with E-state index in [1.54, 1.807) is 30.3 Å². The second-order valence-electron chi connectivity index (χ2n) is 25.9. The Morgan fingerprint density at radius 2 is 1.08 bits per heavy atom. The number of aromatic amines is 1. The number of thiol groups is 2. The van der Waals surface area contributed by atoms with Gasteiger partial charge in [0, 0.05) is 54.7 Å². The predicted molar refractivity (Wildman–Crippen MR) is 409 cm³/mol. The first-order valence-corrected chi connectivity index (χ1v) is 36.5. The summed E-state index contributed by atoms with van der Waals surface area (Å²) in [4.78, 5) is 195. The number of hydrogen-bond donors (Lipinski definition) is 23. The van der Waals surface area contributed by atoms with Crippen LogP contribution in [-0.4, -0.2) is 232 Å². The van der Waals surface area contributed by atoms with Gasteiger partial charge >= 0.3 is 12.1 Å². The number of carbonyl (C=O) groups excluding carboxylic acids is 13. The van der Waals surface area contributed by atoms with E-state index in [0.29, 0.717) is 11.2 Å². The van der Waals surface area contributed by atoms with Crippen molar-refractivity contribution in [2.75, 3.05) is 50.9 Å². The quantitative estimate of drug-likeness (QED) is 0.00675. The lowest BCUT2D eigenvalue weighted by Gasteiger charge is -2.30. The summed E-state index contributed by atoms with van der Waals surface area (Å²) < 4.78 is 5.49. The van der Waals surface area contributed by atoms with Crippen LogP contribution in [0, 0.1) is 10.8 Å². The second kappa shape index (κ2) is 43.3. The molecule has 0 spiro atoms. The highest BCUT2D eigenvalue weighted by Crippen LogP contribution is 2.44. The average molecular weight is 1570 g/mol. The topological polar surface area (TPSA) is 590 Å². The number of rotatable bonds is 44. The number of likely N-dealkylation sites (tertiary alicyclic amines) is 1. The summed E-state index contributed by atoms with van der Waals surface area (Å²) in [7, 11) is 0. The van der Waals surface area contributed by atoms with Crippen LogP contribution in [0.5, 0.6) is 0 Å². The number of guanidine groups is 2. The zero-order valence-corrected chi connectivity index (χ0v) is 62.1. The molecule has 39 heteroatoms. The number of carboxylic acids is 1. The lowest BCUT2D eigenvalue weighted by Crippen LogP contribution is -2.61. The first-order valence-electron chi connectivity index (χ1n) is 35.2. The van der Waals surface area contributed by atoms with Crippen molar-refractivity contribution in [1.82, 2.24) is 79.0 Å². The lowest BCUT2D eigenvalue weighted by atomic mass is 9.98. The molecule has 24 N–H and O–H groups in total. The number of aliphatic carboxylic acids is 1. The van der Waals surface area contributed by atoms with Crippen LogP contribution < -0.4 is 86.3 Å². The SMILES string of the molecule is C=CC[C@H](NC(=O)[C@H](CCCNC(=N)N)NC(=O)[C@H](Cc1cc2ccccc2[nH]1)NC(=O)[C@H](C)NC(=O)[C@H](CS)NC(=O)[C@H](CCCNC(=N)N)NC(=O)C1CCCN1C(=O)[C@H](CC(=O)O)NC(=O)[C@H](CO)NC(=O)[C@H](CC=C)NC(=O)[C@H](CS)NC(=O)CNC(=O)OCC1c2ccccc2-c2ccccc21)C(N)=O. The normalized spacial score (nSPS) is 15.5. The number of carbonyl (C=O) groups is 14. The Kier molecular flexibility index (Phi) is 34.3. The van der Waals surface area contributed by atoms with Crippen molar-refractivity contribution in [1.29, 1.82) is 10.8 Å². The Morgan fingerprint density at radius 1 is 0.600 bits per heavy atom. The summed E-state index contributed by atoms with van der Waals surface area (Å²) in [6.07, 6.45) is 0.151. The van der Waals surface area contributed by atoms with Crippen LogP contribution in [0.3, 0.4) is 0 Å². The van der Waals surface area contributed by atoms with Crippen molar-refractivity contribution in [2.45, 2.75) is 144 Å². The number of nitrogens with two attached hydrogens (primary N) is 3. The van der Waals surface area contributed by atoms with E-state index in [0.717, 1.165) is 32.5 Å². The van der Waals surface area contributed by atoms with Gasteiger partial charge in [0.1, 0.15) is 79.6 Å². The molecule has 0 bridgehead atoms. The van der Waals surface area contributed by atoms with Gasteiger partial charge in [-0.1, -0.05) is 78.9 Å². The van der Waals surface area contributed by atoms with Crippen molar-refractivity contribution in [3.63, 3.8) is 0 Å². The first kappa shape index (κ1) is 87.2. The number of alkyl carbamates (subject to hydrolysis) is 1. The van der Waals surface area contributed by atoms with Gasteiger partial charge in [0.15, 0.2) is 11.9 Å². The summed E-state index contributed by atoms with van der Waals surface area (Å²) in [6, 6.07) is 7.61. The second-order valence-corrected chi connectivity index (χ2v) is 26.6. The largest absolute Gasteiger partial charge is 0.481 e. The number of benzene rings is 3. The number of hydrogen-bond acceptors (Lipinski definition) is 20. The molecule has 1 fully saturated rings. The van der Waals surface area contributed by atoms with Crippen LogP contribution in [0.2, 0.25) is 0 Å². The predicted octanol–water partition coefficient (Wildman–Crippen LogP) is -3.40. The molecule has 1 saturated heterocycles. The third-order valence-corrected chi connectivity index (χ3v) is 18.5. The van der Waals surface area contributed by atoms with Gasteiger partial charge in [-0.25, -0.2) is 4.79 Å². The van der Waals surface area contributed by atoms with Crippen LogP contribution in [0.15, 0.2) is 104 Å². The van der Waals surface area contributed by atoms with Gasteiger partial charge in [-0.05, 0) is 98.1 Å². The number of nitrogens with zero attached hydrogens (tertiary/aromatic N) is 1. The molecule has 2 aliphatic rings. The molecule has 110 heavy (non-hydrogen) atoms. The number of aromatic nitrogens is 1. The molecule has 594 valence electrons. The zero-order valence-electron chi connectivity index (χ0n) is 60.3. The summed E-state index contributed by atoms with van der Waals surface area (Å²) >= 11 is 8.45. The van der Waals surface area contributed by atoms with Crippen molar-refractivity contribution in [3.8, 4) is 11.1 Å². The van der Waals surface area contributed by atoms with E-state index in [4.69, 9.17) is 32.8 Å².